The number of ether oxygens (including phenoxy) is 2. The molecule has 2 bridgehead atoms. The Kier molecular flexibility index (Phi) is 5.62. The van der Waals surface area contributed by atoms with Gasteiger partial charge in [0.1, 0.15) is 11.6 Å². The van der Waals surface area contributed by atoms with Gasteiger partial charge in [0.15, 0.2) is 0 Å². The van der Waals surface area contributed by atoms with Gasteiger partial charge in [0.2, 0.25) is 0 Å². The molecule has 0 amide bonds. The smallest absolute Gasteiger partial charge is 0.130 e. The van der Waals surface area contributed by atoms with Gasteiger partial charge in [-0.15, -0.1) is 0 Å². The van der Waals surface area contributed by atoms with Crippen molar-refractivity contribution in [3.63, 3.8) is 0 Å². The van der Waals surface area contributed by atoms with Crippen LogP contribution < -0.4 is 4.74 Å². The van der Waals surface area contributed by atoms with Gasteiger partial charge in [0.25, 0.3) is 0 Å². The fraction of sp³-hybridized carbons (Fsp3) is 0.545. The average Bonchev–Trinajstić information content (AvgIpc) is 2.96. The number of aromatic nitrogens is 2. The van der Waals surface area contributed by atoms with E-state index in [-0.39, 0.29) is 0 Å². The molecule has 0 aliphatic carbocycles. The average molecular weight is 383 g/mol. The van der Waals surface area contributed by atoms with E-state index < -0.39 is 5.60 Å². The molecule has 2 aromatic rings. The standard InChI is InChI=1S/C22H29N3O3/c1-27-10-9-21-23-13-16(14-24-21)15-25-17-7-8-18(25)12-22(26,11-17)19-5-3-4-6-20(19)28-2/h3-6,13-14,17-18,26H,7-12,15H2,1-2H3/t17-,18+,22?. The molecule has 2 aliphatic rings. The minimum atomic E-state index is -0.824. The number of benzene rings is 1. The van der Waals surface area contributed by atoms with Crippen molar-refractivity contribution in [1.29, 1.82) is 0 Å². The van der Waals surface area contributed by atoms with Gasteiger partial charge in [-0.05, 0) is 31.7 Å². The normalized spacial score (nSPS) is 27.1. The van der Waals surface area contributed by atoms with Crippen LogP contribution in [0.25, 0.3) is 0 Å². The molecule has 2 fully saturated rings. The summed E-state index contributed by atoms with van der Waals surface area (Å²) >= 11 is 0. The third kappa shape index (κ3) is 3.77. The van der Waals surface area contributed by atoms with Crippen molar-refractivity contribution >= 4 is 0 Å². The molecule has 2 saturated heterocycles. The molecule has 4 rings (SSSR count). The molecule has 1 aromatic heterocycles. The lowest BCUT2D eigenvalue weighted by atomic mass is 9.80. The first-order chi connectivity index (χ1) is 13.6. The van der Waals surface area contributed by atoms with Gasteiger partial charge >= 0.3 is 0 Å². The van der Waals surface area contributed by atoms with E-state index in [1.165, 1.54) is 0 Å². The van der Waals surface area contributed by atoms with Crippen molar-refractivity contribution in [2.75, 3.05) is 20.8 Å². The fourth-order valence-electron chi connectivity index (χ4n) is 4.82. The van der Waals surface area contributed by atoms with E-state index in [2.05, 4.69) is 14.9 Å². The minimum Gasteiger partial charge on any atom is -0.496 e. The van der Waals surface area contributed by atoms with E-state index in [9.17, 15) is 5.11 Å². The Hall–Kier alpha value is -2.02. The molecular formula is C22H29N3O3. The molecule has 1 unspecified atom stereocenters. The predicted octanol–water partition coefficient (Wildman–Crippen LogP) is 2.69. The molecule has 6 nitrogen and oxygen atoms in total. The highest BCUT2D eigenvalue weighted by Gasteiger charge is 2.49. The maximum absolute atomic E-state index is 11.5. The molecule has 150 valence electrons. The van der Waals surface area contributed by atoms with E-state index >= 15 is 0 Å². The summed E-state index contributed by atoms with van der Waals surface area (Å²) in [4.78, 5) is 11.5. The Balaban J connectivity index is 1.47. The van der Waals surface area contributed by atoms with E-state index in [0.29, 0.717) is 18.7 Å². The number of aliphatic hydroxyl groups is 1. The number of para-hydroxylation sites is 1. The number of piperidine rings is 1. The van der Waals surface area contributed by atoms with Gasteiger partial charge in [-0.2, -0.15) is 0 Å². The zero-order valence-corrected chi connectivity index (χ0v) is 16.7. The lowest BCUT2D eigenvalue weighted by Crippen LogP contribution is -2.49. The summed E-state index contributed by atoms with van der Waals surface area (Å²) in [6.45, 7) is 1.47. The quantitative estimate of drug-likeness (QED) is 0.793. The topological polar surface area (TPSA) is 67.7 Å². The number of hydrogen-bond donors (Lipinski definition) is 1. The Morgan fingerprint density at radius 1 is 1.11 bits per heavy atom. The molecule has 28 heavy (non-hydrogen) atoms. The molecule has 2 aliphatic heterocycles. The van der Waals surface area contributed by atoms with E-state index in [4.69, 9.17) is 9.47 Å². The van der Waals surface area contributed by atoms with Crippen LogP contribution in [0.5, 0.6) is 5.75 Å². The second-order valence-electron chi connectivity index (χ2n) is 7.95. The van der Waals surface area contributed by atoms with Crippen LogP contribution in [0.4, 0.5) is 0 Å². The first kappa shape index (κ1) is 19.3. The summed E-state index contributed by atoms with van der Waals surface area (Å²) in [6.07, 6.45) is 8.30. The van der Waals surface area contributed by atoms with Crippen LogP contribution in [0.3, 0.4) is 0 Å². The van der Waals surface area contributed by atoms with Gasteiger partial charge in [0.05, 0.1) is 19.3 Å². The van der Waals surface area contributed by atoms with Gasteiger partial charge in [-0.3, -0.25) is 4.90 Å². The first-order valence-electron chi connectivity index (χ1n) is 10.0. The third-order valence-corrected chi connectivity index (χ3v) is 6.18. The van der Waals surface area contributed by atoms with Crippen molar-refractivity contribution < 1.29 is 14.6 Å². The highest BCUT2D eigenvalue weighted by atomic mass is 16.5. The second kappa shape index (κ2) is 8.15. The molecule has 0 radical (unpaired) electrons. The zero-order valence-electron chi connectivity index (χ0n) is 16.7. The SMILES string of the molecule is COCCc1ncc(CN2[C@@H]3CC[C@H]2CC(O)(c2ccccc2OC)C3)cn1. The van der Waals surface area contributed by atoms with Crippen LogP contribution in [0.1, 0.15) is 42.6 Å². The maximum atomic E-state index is 11.5. The van der Waals surface area contributed by atoms with Gasteiger partial charge < -0.3 is 14.6 Å². The Morgan fingerprint density at radius 2 is 1.79 bits per heavy atom. The molecule has 0 spiro atoms. The first-order valence-corrected chi connectivity index (χ1v) is 10.0. The number of methoxy groups -OCH3 is 2. The molecule has 3 atom stereocenters. The van der Waals surface area contributed by atoms with E-state index in [0.717, 1.165) is 61.3 Å². The van der Waals surface area contributed by atoms with Crippen LogP contribution >= 0.6 is 0 Å². The van der Waals surface area contributed by atoms with Crippen molar-refractivity contribution in [3.05, 3.63) is 53.6 Å². The van der Waals surface area contributed by atoms with Crippen LogP contribution in [-0.2, 0) is 23.3 Å². The molecule has 3 heterocycles. The van der Waals surface area contributed by atoms with Crippen molar-refractivity contribution in [3.8, 4) is 5.75 Å². The Bertz CT molecular complexity index is 782. The van der Waals surface area contributed by atoms with Crippen molar-refractivity contribution in [2.24, 2.45) is 0 Å². The summed E-state index contributed by atoms with van der Waals surface area (Å²) in [5.74, 6) is 1.59. The number of rotatable bonds is 7. The monoisotopic (exact) mass is 383 g/mol. The van der Waals surface area contributed by atoms with Gasteiger partial charge in [-0.1, -0.05) is 18.2 Å². The maximum Gasteiger partial charge on any atom is 0.130 e. The lowest BCUT2D eigenvalue weighted by Gasteiger charge is -2.44. The van der Waals surface area contributed by atoms with Crippen LogP contribution in [0, 0.1) is 0 Å². The van der Waals surface area contributed by atoms with E-state index in [1.807, 2.05) is 36.7 Å². The van der Waals surface area contributed by atoms with Gasteiger partial charge in [-0.25, -0.2) is 9.97 Å². The van der Waals surface area contributed by atoms with E-state index in [1.54, 1.807) is 14.2 Å². The van der Waals surface area contributed by atoms with Crippen LogP contribution in [-0.4, -0.2) is 52.9 Å². The summed E-state index contributed by atoms with van der Waals surface area (Å²) in [5.41, 5.74) is 1.22. The van der Waals surface area contributed by atoms with Crippen molar-refractivity contribution in [2.45, 2.75) is 56.3 Å². The number of fused-ring (bicyclic) bond motifs is 2. The Labute approximate surface area is 166 Å². The molecule has 1 aromatic carbocycles. The second-order valence-corrected chi connectivity index (χ2v) is 7.95. The molecular weight excluding hydrogens is 354 g/mol. The highest BCUT2D eigenvalue weighted by molar-refractivity contribution is 5.39. The van der Waals surface area contributed by atoms with Gasteiger partial charge in [0, 0.05) is 55.7 Å². The largest absolute Gasteiger partial charge is 0.496 e. The number of hydrogen-bond acceptors (Lipinski definition) is 6. The Morgan fingerprint density at radius 3 is 2.43 bits per heavy atom. The summed E-state index contributed by atoms with van der Waals surface area (Å²) in [6, 6.07) is 8.59. The van der Waals surface area contributed by atoms with Crippen LogP contribution in [0.2, 0.25) is 0 Å². The van der Waals surface area contributed by atoms with Crippen molar-refractivity contribution in [1.82, 2.24) is 14.9 Å². The molecule has 6 heteroatoms. The molecule has 0 saturated carbocycles. The van der Waals surface area contributed by atoms with Crippen LogP contribution in [0.15, 0.2) is 36.7 Å². The zero-order chi connectivity index (χ0) is 19.6. The lowest BCUT2D eigenvalue weighted by molar-refractivity contribution is -0.0607. The third-order valence-electron chi connectivity index (χ3n) is 6.18. The summed E-state index contributed by atoms with van der Waals surface area (Å²) < 4.78 is 10.6. The summed E-state index contributed by atoms with van der Waals surface area (Å²) in [5, 5.41) is 11.5. The minimum absolute atomic E-state index is 0.363. The fourth-order valence-corrected chi connectivity index (χ4v) is 4.82. The summed E-state index contributed by atoms with van der Waals surface area (Å²) in [7, 11) is 3.36. The predicted molar refractivity (Wildman–Crippen MR) is 106 cm³/mol. The number of nitrogens with zero attached hydrogens (tertiary/aromatic N) is 3. The highest BCUT2D eigenvalue weighted by Crippen LogP contribution is 2.48. The molecule has 1 N–H and O–H groups in total.